The standard InChI is InChI=1S/C14H18N2O3/c1-16(9-12-6-7-13(17)15-12)8-10-2-4-11(5-3-10)14(18)19/h2-5,12H,6-9H2,1H3,(H,15,17)(H,18,19). The van der Waals surface area contributed by atoms with Gasteiger partial charge in [0.1, 0.15) is 0 Å². The molecular formula is C14H18N2O3. The third kappa shape index (κ3) is 3.79. The Morgan fingerprint density at radius 3 is 2.63 bits per heavy atom. The van der Waals surface area contributed by atoms with Crippen molar-refractivity contribution >= 4 is 11.9 Å². The summed E-state index contributed by atoms with van der Waals surface area (Å²) >= 11 is 0. The zero-order valence-corrected chi connectivity index (χ0v) is 10.9. The summed E-state index contributed by atoms with van der Waals surface area (Å²) in [7, 11) is 2.00. The van der Waals surface area contributed by atoms with Crippen LogP contribution in [-0.2, 0) is 11.3 Å². The zero-order chi connectivity index (χ0) is 13.8. The molecule has 1 amide bonds. The van der Waals surface area contributed by atoms with E-state index in [0.717, 1.165) is 25.1 Å². The molecule has 1 aliphatic heterocycles. The lowest BCUT2D eigenvalue weighted by Gasteiger charge is -2.20. The van der Waals surface area contributed by atoms with Crippen molar-refractivity contribution in [1.29, 1.82) is 0 Å². The lowest BCUT2D eigenvalue weighted by atomic mass is 10.1. The number of likely N-dealkylation sites (N-methyl/N-ethyl adjacent to an activating group) is 1. The molecule has 0 spiro atoms. The maximum absolute atomic E-state index is 11.1. The summed E-state index contributed by atoms with van der Waals surface area (Å²) in [6.07, 6.45) is 1.51. The van der Waals surface area contributed by atoms with E-state index in [1.54, 1.807) is 12.1 Å². The Morgan fingerprint density at radius 2 is 2.11 bits per heavy atom. The Balaban J connectivity index is 1.86. The highest BCUT2D eigenvalue weighted by molar-refractivity contribution is 5.87. The SMILES string of the molecule is CN(Cc1ccc(C(=O)O)cc1)CC1CCC(=O)N1. The van der Waals surface area contributed by atoms with Gasteiger partial charge >= 0.3 is 5.97 Å². The largest absolute Gasteiger partial charge is 0.478 e. The van der Waals surface area contributed by atoms with Crippen LogP contribution < -0.4 is 5.32 Å². The zero-order valence-electron chi connectivity index (χ0n) is 10.9. The number of amides is 1. The molecule has 1 aromatic carbocycles. The summed E-state index contributed by atoms with van der Waals surface area (Å²) in [5.41, 5.74) is 1.37. The molecule has 102 valence electrons. The van der Waals surface area contributed by atoms with Crippen LogP contribution in [0.25, 0.3) is 0 Å². The fraction of sp³-hybridized carbons (Fsp3) is 0.429. The molecule has 1 aromatic rings. The first-order valence-corrected chi connectivity index (χ1v) is 6.35. The van der Waals surface area contributed by atoms with E-state index in [1.807, 2.05) is 19.2 Å². The number of aromatic carboxylic acids is 1. The number of carboxylic acids is 1. The lowest BCUT2D eigenvalue weighted by Crippen LogP contribution is -2.36. The number of benzene rings is 1. The molecule has 0 aromatic heterocycles. The van der Waals surface area contributed by atoms with Crippen LogP contribution in [0.1, 0.15) is 28.8 Å². The molecule has 0 saturated carbocycles. The first-order valence-electron chi connectivity index (χ1n) is 6.35. The molecule has 2 N–H and O–H groups in total. The van der Waals surface area contributed by atoms with Crippen LogP contribution >= 0.6 is 0 Å². The highest BCUT2D eigenvalue weighted by atomic mass is 16.4. The summed E-state index contributed by atoms with van der Waals surface area (Å²) in [6, 6.07) is 7.11. The Hall–Kier alpha value is -1.88. The lowest BCUT2D eigenvalue weighted by molar-refractivity contribution is -0.119. The van der Waals surface area contributed by atoms with E-state index >= 15 is 0 Å². The average molecular weight is 262 g/mol. The van der Waals surface area contributed by atoms with Crippen LogP contribution in [0, 0.1) is 0 Å². The van der Waals surface area contributed by atoms with Crippen LogP contribution in [0.3, 0.4) is 0 Å². The first-order chi connectivity index (χ1) is 9.04. The minimum absolute atomic E-state index is 0.129. The number of carboxylic acid groups (broad SMARTS) is 1. The van der Waals surface area contributed by atoms with Crippen molar-refractivity contribution in [2.45, 2.75) is 25.4 Å². The van der Waals surface area contributed by atoms with Crippen molar-refractivity contribution in [3.8, 4) is 0 Å². The van der Waals surface area contributed by atoms with Crippen molar-refractivity contribution in [3.05, 3.63) is 35.4 Å². The summed E-state index contributed by atoms with van der Waals surface area (Å²) in [5.74, 6) is -0.780. The molecule has 5 heteroatoms. The van der Waals surface area contributed by atoms with Gasteiger partial charge in [-0.1, -0.05) is 12.1 Å². The van der Waals surface area contributed by atoms with Gasteiger partial charge in [0, 0.05) is 25.6 Å². The van der Waals surface area contributed by atoms with Gasteiger partial charge in [-0.05, 0) is 31.2 Å². The molecular weight excluding hydrogens is 244 g/mol. The van der Waals surface area contributed by atoms with Gasteiger partial charge in [0.25, 0.3) is 0 Å². The molecule has 5 nitrogen and oxygen atoms in total. The van der Waals surface area contributed by atoms with E-state index in [-0.39, 0.29) is 11.9 Å². The summed E-state index contributed by atoms with van der Waals surface area (Å²) in [5, 5.41) is 11.8. The van der Waals surface area contributed by atoms with Gasteiger partial charge < -0.3 is 15.3 Å². The van der Waals surface area contributed by atoms with Crippen molar-refractivity contribution in [3.63, 3.8) is 0 Å². The third-order valence-corrected chi connectivity index (χ3v) is 3.27. The van der Waals surface area contributed by atoms with Crippen LogP contribution in [0.2, 0.25) is 0 Å². The van der Waals surface area contributed by atoms with Crippen LogP contribution in [0.4, 0.5) is 0 Å². The van der Waals surface area contributed by atoms with E-state index in [4.69, 9.17) is 5.11 Å². The van der Waals surface area contributed by atoms with Crippen molar-refractivity contribution < 1.29 is 14.7 Å². The minimum Gasteiger partial charge on any atom is -0.478 e. The molecule has 1 saturated heterocycles. The van der Waals surface area contributed by atoms with E-state index in [1.165, 1.54) is 0 Å². The monoisotopic (exact) mass is 262 g/mol. The Bertz CT molecular complexity index is 470. The molecule has 0 aliphatic carbocycles. The molecule has 1 atom stereocenters. The molecule has 19 heavy (non-hydrogen) atoms. The predicted octanol–water partition coefficient (Wildman–Crippen LogP) is 1.10. The third-order valence-electron chi connectivity index (χ3n) is 3.27. The number of hydrogen-bond donors (Lipinski definition) is 2. The second kappa shape index (κ2) is 5.84. The van der Waals surface area contributed by atoms with Gasteiger partial charge in [0.2, 0.25) is 5.91 Å². The van der Waals surface area contributed by atoms with Crippen LogP contribution in [0.15, 0.2) is 24.3 Å². The molecule has 0 radical (unpaired) electrons. The smallest absolute Gasteiger partial charge is 0.335 e. The molecule has 1 fully saturated rings. The van der Waals surface area contributed by atoms with Gasteiger partial charge in [0.15, 0.2) is 0 Å². The van der Waals surface area contributed by atoms with Gasteiger partial charge in [-0.25, -0.2) is 4.79 Å². The van der Waals surface area contributed by atoms with E-state index in [2.05, 4.69) is 10.2 Å². The summed E-state index contributed by atoms with van der Waals surface area (Å²) in [6.45, 7) is 1.55. The number of rotatable bonds is 5. The average Bonchev–Trinajstić information content (AvgIpc) is 2.75. The highest BCUT2D eigenvalue weighted by Gasteiger charge is 2.21. The number of nitrogens with one attached hydrogen (secondary N) is 1. The topological polar surface area (TPSA) is 69.6 Å². The second-order valence-electron chi connectivity index (χ2n) is 5.00. The number of hydrogen-bond acceptors (Lipinski definition) is 3. The molecule has 1 aliphatic rings. The predicted molar refractivity (Wildman–Crippen MR) is 70.9 cm³/mol. The van der Waals surface area contributed by atoms with Gasteiger partial charge in [-0.3, -0.25) is 4.79 Å². The number of carbonyl (C=O) groups is 2. The Kier molecular flexibility index (Phi) is 4.16. The maximum Gasteiger partial charge on any atom is 0.335 e. The normalized spacial score (nSPS) is 18.6. The maximum atomic E-state index is 11.1. The van der Waals surface area contributed by atoms with E-state index in [9.17, 15) is 9.59 Å². The number of nitrogens with zero attached hydrogens (tertiary/aromatic N) is 1. The molecule has 1 heterocycles. The van der Waals surface area contributed by atoms with Crippen molar-refractivity contribution in [1.82, 2.24) is 10.2 Å². The second-order valence-corrected chi connectivity index (χ2v) is 5.00. The van der Waals surface area contributed by atoms with Gasteiger partial charge in [-0.15, -0.1) is 0 Å². The fourth-order valence-corrected chi connectivity index (χ4v) is 2.32. The molecule has 2 rings (SSSR count). The fourth-order valence-electron chi connectivity index (χ4n) is 2.32. The molecule has 1 unspecified atom stereocenters. The Labute approximate surface area is 112 Å². The highest BCUT2D eigenvalue weighted by Crippen LogP contribution is 2.11. The first kappa shape index (κ1) is 13.5. The minimum atomic E-state index is -0.909. The Morgan fingerprint density at radius 1 is 1.42 bits per heavy atom. The quantitative estimate of drug-likeness (QED) is 0.833. The summed E-state index contributed by atoms with van der Waals surface area (Å²) in [4.78, 5) is 24.0. The van der Waals surface area contributed by atoms with E-state index in [0.29, 0.717) is 12.0 Å². The van der Waals surface area contributed by atoms with Gasteiger partial charge in [0.05, 0.1) is 5.56 Å². The van der Waals surface area contributed by atoms with Gasteiger partial charge in [-0.2, -0.15) is 0 Å². The van der Waals surface area contributed by atoms with Crippen LogP contribution in [0.5, 0.6) is 0 Å². The van der Waals surface area contributed by atoms with Crippen molar-refractivity contribution in [2.75, 3.05) is 13.6 Å². The molecule has 0 bridgehead atoms. The van der Waals surface area contributed by atoms with E-state index < -0.39 is 5.97 Å². The number of carbonyl (C=O) groups excluding carboxylic acids is 1. The van der Waals surface area contributed by atoms with Crippen molar-refractivity contribution in [2.24, 2.45) is 0 Å². The van der Waals surface area contributed by atoms with Crippen LogP contribution in [-0.4, -0.2) is 41.5 Å². The summed E-state index contributed by atoms with van der Waals surface area (Å²) < 4.78 is 0.